The Morgan fingerprint density at radius 1 is 1.36 bits per heavy atom. The molecule has 1 heterocycles. The van der Waals surface area contributed by atoms with E-state index in [0.29, 0.717) is 13.0 Å². The summed E-state index contributed by atoms with van der Waals surface area (Å²) < 4.78 is 2.90. The van der Waals surface area contributed by atoms with Crippen LogP contribution < -0.4 is 5.32 Å². The summed E-state index contributed by atoms with van der Waals surface area (Å²) in [7, 11) is 0. The monoisotopic (exact) mass is 363 g/mol. The van der Waals surface area contributed by atoms with Crippen LogP contribution in [0.5, 0.6) is 0 Å². The zero-order chi connectivity index (χ0) is 15.9. The Kier molecular flexibility index (Phi) is 6.19. The van der Waals surface area contributed by atoms with Gasteiger partial charge < -0.3 is 5.32 Å². The van der Waals surface area contributed by atoms with Crippen molar-refractivity contribution in [1.29, 1.82) is 0 Å². The lowest BCUT2D eigenvalue weighted by Crippen LogP contribution is -2.33. The summed E-state index contributed by atoms with van der Waals surface area (Å²) in [6.45, 7) is 4.67. The van der Waals surface area contributed by atoms with Gasteiger partial charge in [-0.05, 0) is 49.9 Å². The van der Waals surface area contributed by atoms with Gasteiger partial charge in [-0.3, -0.25) is 9.48 Å². The van der Waals surface area contributed by atoms with Crippen LogP contribution in [0.3, 0.4) is 0 Å². The maximum atomic E-state index is 11.9. The number of hydrogen-bond acceptors (Lipinski definition) is 2. The van der Waals surface area contributed by atoms with Gasteiger partial charge >= 0.3 is 0 Å². The molecule has 0 spiro atoms. The normalized spacial score (nSPS) is 12.1. The second-order valence-electron chi connectivity index (χ2n) is 5.66. The molecule has 0 aliphatic carbocycles. The maximum absolute atomic E-state index is 11.9. The van der Waals surface area contributed by atoms with Crippen LogP contribution in [0.15, 0.2) is 41.1 Å². The van der Waals surface area contributed by atoms with E-state index in [4.69, 9.17) is 0 Å². The highest BCUT2D eigenvalue weighted by Crippen LogP contribution is 2.12. The molecule has 1 N–H and O–H groups in total. The molecule has 22 heavy (non-hydrogen) atoms. The predicted molar refractivity (Wildman–Crippen MR) is 91.6 cm³/mol. The van der Waals surface area contributed by atoms with Gasteiger partial charge in [0.2, 0.25) is 5.91 Å². The lowest BCUT2D eigenvalue weighted by Gasteiger charge is -2.14. The van der Waals surface area contributed by atoms with E-state index in [0.717, 1.165) is 22.9 Å². The average molecular weight is 364 g/mol. The van der Waals surface area contributed by atoms with E-state index in [9.17, 15) is 4.79 Å². The summed E-state index contributed by atoms with van der Waals surface area (Å²) in [6, 6.07) is 8.49. The fourth-order valence-corrected chi connectivity index (χ4v) is 2.52. The number of halogens is 1. The number of hydrogen-bond donors (Lipinski definition) is 1. The third-order valence-corrected chi connectivity index (χ3v) is 4.05. The first-order valence-electron chi connectivity index (χ1n) is 7.56. The van der Waals surface area contributed by atoms with E-state index in [2.05, 4.69) is 45.4 Å². The van der Waals surface area contributed by atoms with Gasteiger partial charge in [0.25, 0.3) is 0 Å². The molecule has 2 aromatic rings. The number of aryl methyl sites for hydroxylation is 3. The summed E-state index contributed by atoms with van der Waals surface area (Å²) in [5.41, 5.74) is 2.40. The average Bonchev–Trinajstić information content (AvgIpc) is 2.90. The molecule has 0 radical (unpaired) electrons. The van der Waals surface area contributed by atoms with Crippen molar-refractivity contribution < 1.29 is 4.79 Å². The van der Waals surface area contributed by atoms with Crippen molar-refractivity contribution in [3.8, 4) is 0 Å². The predicted octanol–water partition coefficient (Wildman–Crippen LogP) is 3.48. The summed E-state index contributed by atoms with van der Waals surface area (Å²) in [5, 5.41) is 7.23. The molecule has 0 aliphatic rings. The van der Waals surface area contributed by atoms with E-state index in [-0.39, 0.29) is 11.9 Å². The number of nitrogens with zero attached hydrogens (tertiary/aromatic N) is 2. The number of aromatic nitrogens is 2. The quantitative estimate of drug-likeness (QED) is 0.818. The Bertz CT molecular complexity index is 607. The molecule has 1 atom stereocenters. The van der Waals surface area contributed by atoms with E-state index < -0.39 is 0 Å². The lowest BCUT2D eigenvalue weighted by atomic mass is 10.1. The number of rotatable bonds is 7. The number of amides is 1. The van der Waals surface area contributed by atoms with Crippen molar-refractivity contribution in [3.05, 3.63) is 52.3 Å². The standard InChI is InChI=1S/C17H22BrN3O/c1-13-11-19-21(12-13)10-9-17(22)20-14(2)3-4-15-5-7-16(18)8-6-15/h5-8,11-12,14H,3-4,9-10H2,1-2H3,(H,20,22)/t14-/m1/s1. The number of carbonyl (C=O) groups is 1. The van der Waals surface area contributed by atoms with Crippen LogP contribution in [-0.2, 0) is 17.8 Å². The first kappa shape index (κ1) is 16.7. The molecule has 0 saturated heterocycles. The Morgan fingerprint density at radius 3 is 2.73 bits per heavy atom. The second kappa shape index (κ2) is 8.13. The van der Waals surface area contributed by atoms with Crippen LogP contribution in [0.4, 0.5) is 0 Å². The largest absolute Gasteiger partial charge is 0.354 e. The van der Waals surface area contributed by atoms with Crippen LogP contribution in [-0.4, -0.2) is 21.7 Å². The highest BCUT2D eigenvalue weighted by Gasteiger charge is 2.08. The molecule has 0 bridgehead atoms. The molecule has 4 nitrogen and oxygen atoms in total. The summed E-state index contributed by atoms with van der Waals surface area (Å²) in [6.07, 6.45) is 6.12. The topological polar surface area (TPSA) is 46.9 Å². The third-order valence-electron chi connectivity index (χ3n) is 3.52. The smallest absolute Gasteiger partial charge is 0.222 e. The molecule has 0 unspecified atom stereocenters. The van der Waals surface area contributed by atoms with Gasteiger partial charge in [0.1, 0.15) is 0 Å². The van der Waals surface area contributed by atoms with Crippen LogP contribution >= 0.6 is 15.9 Å². The minimum atomic E-state index is 0.0801. The molecule has 0 fully saturated rings. The first-order valence-corrected chi connectivity index (χ1v) is 8.35. The lowest BCUT2D eigenvalue weighted by molar-refractivity contribution is -0.122. The highest BCUT2D eigenvalue weighted by molar-refractivity contribution is 9.10. The van der Waals surface area contributed by atoms with Crippen molar-refractivity contribution in [1.82, 2.24) is 15.1 Å². The van der Waals surface area contributed by atoms with Crippen LogP contribution in [0.1, 0.15) is 30.9 Å². The molecule has 0 aliphatic heterocycles. The van der Waals surface area contributed by atoms with Crippen molar-refractivity contribution in [3.63, 3.8) is 0 Å². The highest BCUT2D eigenvalue weighted by atomic mass is 79.9. The summed E-state index contributed by atoms with van der Waals surface area (Å²) in [5.74, 6) is 0.0801. The van der Waals surface area contributed by atoms with Crippen molar-refractivity contribution >= 4 is 21.8 Å². The SMILES string of the molecule is Cc1cnn(CCC(=O)N[C@H](C)CCc2ccc(Br)cc2)c1. The van der Waals surface area contributed by atoms with Gasteiger partial charge in [-0.1, -0.05) is 28.1 Å². The minimum Gasteiger partial charge on any atom is -0.354 e. The zero-order valence-corrected chi connectivity index (χ0v) is 14.6. The van der Waals surface area contributed by atoms with Gasteiger partial charge in [-0.25, -0.2) is 0 Å². The van der Waals surface area contributed by atoms with Crippen LogP contribution in [0.2, 0.25) is 0 Å². The van der Waals surface area contributed by atoms with E-state index in [1.807, 2.05) is 25.3 Å². The molecule has 1 amide bonds. The van der Waals surface area contributed by atoms with Gasteiger partial charge in [0.05, 0.1) is 6.20 Å². The van der Waals surface area contributed by atoms with Gasteiger partial charge in [0, 0.05) is 29.7 Å². The molecule has 5 heteroatoms. The Morgan fingerprint density at radius 2 is 2.09 bits per heavy atom. The van der Waals surface area contributed by atoms with E-state index >= 15 is 0 Å². The first-order chi connectivity index (χ1) is 10.5. The summed E-state index contributed by atoms with van der Waals surface area (Å²) >= 11 is 3.43. The number of benzene rings is 1. The fourth-order valence-electron chi connectivity index (χ4n) is 2.26. The molecular weight excluding hydrogens is 342 g/mol. The Balaban J connectivity index is 1.68. The molecule has 118 valence electrons. The van der Waals surface area contributed by atoms with Crippen molar-refractivity contribution in [2.45, 2.75) is 45.7 Å². The molecule has 2 rings (SSSR count). The van der Waals surface area contributed by atoms with Gasteiger partial charge in [0.15, 0.2) is 0 Å². The minimum absolute atomic E-state index is 0.0801. The van der Waals surface area contributed by atoms with Crippen molar-refractivity contribution in [2.75, 3.05) is 0 Å². The third kappa shape index (κ3) is 5.64. The Labute approximate surface area is 140 Å². The van der Waals surface area contributed by atoms with E-state index in [1.165, 1.54) is 5.56 Å². The van der Waals surface area contributed by atoms with Crippen LogP contribution in [0.25, 0.3) is 0 Å². The second-order valence-corrected chi connectivity index (χ2v) is 6.58. The van der Waals surface area contributed by atoms with Crippen LogP contribution in [0, 0.1) is 6.92 Å². The summed E-state index contributed by atoms with van der Waals surface area (Å²) in [4.78, 5) is 11.9. The Hall–Kier alpha value is -1.62. The van der Waals surface area contributed by atoms with Crippen molar-refractivity contribution in [2.24, 2.45) is 0 Å². The zero-order valence-electron chi connectivity index (χ0n) is 13.1. The molecule has 1 aromatic heterocycles. The van der Waals surface area contributed by atoms with Gasteiger partial charge in [-0.15, -0.1) is 0 Å². The number of nitrogens with one attached hydrogen (secondary N) is 1. The van der Waals surface area contributed by atoms with E-state index in [1.54, 1.807) is 10.9 Å². The molecular formula is C17H22BrN3O. The maximum Gasteiger partial charge on any atom is 0.222 e. The number of carbonyl (C=O) groups excluding carboxylic acids is 1. The molecule has 1 aromatic carbocycles. The van der Waals surface area contributed by atoms with Gasteiger partial charge in [-0.2, -0.15) is 5.10 Å². The molecule has 0 saturated carbocycles. The fraction of sp³-hybridized carbons (Fsp3) is 0.412.